The van der Waals surface area contributed by atoms with Gasteiger partial charge in [-0.1, -0.05) is 20.8 Å². The summed E-state index contributed by atoms with van der Waals surface area (Å²) in [6.45, 7) is 10.8. The lowest BCUT2D eigenvalue weighted by atomic mass is 9.86. The first kappa shape index (κ1) is 13.5. The topological polar surface area (TPSA) is 49.6 Å². The van der Waals surface area contributed by atoms with Gasteiger partial charge in [-0.05, 0) is 19.4 Å². The Morgan fingerprint density at radius 1 is 1.38 bits per heavy atom. The lowest BCUT2D eigenvalue weighted by molar-refractivity contribution is -0.139. The van der Waals surface area contributed by atoms with Crippen LogP contribution in [0.5, 0.6) is 0 Å². The number of rotatable bonds is 1. The number of carbonyl (C=O) groups excluding carboxylic acids is 1. The molecule has 16 heavy (non-hydrogen) atoms. The number of nitrogens with zero attached hydrogens (tertiary/aromatic N) is 2. The molecule has 0 bridgehead atoms. The SMILES string of the molecule is CC1CN(C)CCN1C(=O)[C@H](N)C(C)(C)C. The minimum absolute atomic E-state index is 0.0908. The molecule has 2 atom stereocenters. The van der Waals surface area contributed by atoms with Crippen LogP contribution in [0.1, 0.15) is 27.7 Å². The van der Waals surface area contributed by atoms with Crippen molar-refractivity contribution in [3.05, 3.63) is 0 Å². The Morgan fingerprint density at radius 3 is 2.38 bits per heavy atom. The maximum atomic E-state index is 12.2. The maximum Gasteiger partial charge on any atom is 0.240 e. The lowest BCUT2D eigenvalue weighted by Crippen LogP contribution is -2.59. The van der Waals surface area contributed by atoms with Crippen molar-refractivity contribution < 1.29 is 4.79 Å². The normalized spacial score (nSPS) is 25.6. The number of likely N-dealkylation sites (N-methyl/N-ethyl adjacent to an activating group) is 1. The van der Waals surface area contributed by atoms with Crippen LogP contribution in [0, 0.1) is 5.41 Å². The van der Waals surface area contributed by atoms with Gasteiger partial charge in [-0.15, -0.1) is 0 Å². The van der Waals surface area contributed by atoms with Crippen LogP contribution in [0.3, 0.4) is 0 Å². The van der Waals surface area contributed by atoms with E-state index in [2.05, 4.69) is 18.9 Å². The Balaban J connectivity index is 2.67. The van der Waals surface area contributed by atoms with Crippen molar-refractivity contribution >= 4 is 5.91 Å². The monoisotopic (exact) mass is 227 g/mol. The van der Waals surface area contributed by atoms with E-state index >= 15 is 0 Å². The third-order valence-corrected chi connectivity index (χ3v) is 3.31. The first-order chi connectivity index (χ1) is 7.23. The Bertz CT molecular complexity index is 259. The molecule has 0 aliphatic carbocycles. The molecule has 1 aliphatic rings. The highest BCUT2D eigenvalue weighted by Gasteiger charge is 2.34. The van der Waals surface area contributed by atoms with Crippen LogP contribution in [0.25, 0.3) is 0 Å². The Labute approximate surface area is 98.8 Å². The van der Waals surface area contributed by atoms with E-state index in [1.165, 1.54) is 0 Å². The smallest absolute Gasteiger partial charge is 0.240 e. The summed E-state index contributed by atoms with van der Waals surface area (Å²) in [6, 6.07) is -0.141. The number of piperazine rings is 1. The van der Waals surface area contributed by atoms with Crippen LogP contribution in [-0.2, 0) is 4.79 Å². The molecule has 2 N–H and O–H groups in total. The molecule has 0 spiro atoms. The molecule has 0 aromatic rings. The number of hydrogen-bond donors (Lipinski definition) is 1. The highest BCUT2D eigenvalue weighted by molar-refractivity contribution is 5.82. The van der Waals surface area contributed by atoms with E-state index in [0.29, 0.717) is 0 Å². The highest BCUT2D eigenvalue weighted by Crippen LogP contribution is 2.21. The second-order valence-corrected chi connectivity index (χ2v) is 5.99. The standard InChI is InChI=1S/C12H25N3O/c1-9-8-14(5)6-7-15(9)11(16)10(13)12(2,3)4/h9-10H,6-8,13H2,1-5H3/t9?,10-/m0/s1. The Hall–Kier alpha value is -0.610. The summed E-state index contributed by atoms with van der Waals surface area (Å²) in [5.41, 5.74) is 5.85. The molecule has 0 saturated carbocycles. The van der Waals surface area contributed by atoms with Gasteiger partial charge in [0.15, 0.2) is 0 Å². The molecule has 1 aliphatic heterocycles. The average molecular weight is 227 g/mol. The third kappa shape index (κ3) is 2.95. The molecule has 4 nitrogen and oxygen atoms in total. The fourth-order valence-corrected chi connectivity index (χ4v) is 2.02. The van der Waals surface area contributed by atoms with E-state index < -0.39 is 6.04 Å². The van der Waals surface area contributed by atoms with Gasteiger partial charge in [0.05, 0.1) is 6.04 Å². The zero-order valence-electron chi connectivity index (χ0n) is 11.2. The largest absolute Gasteiger partial charge is 0.336 e. The van der Waals surface area contributed by atoms with E-state index in [9.17, 15) is 4.79 Å². The number of carbonyl (C=O) groups is 1. The third-order valence-electron chi connectivity index (χ3n) is 3.31. The Kier molecular flexibility index (Phi) is 3.97. The Morgan fingerprint density at radius 2 is 1.94 bits per heavy atom. The zero-order valence-corrected chi connectivity index (χ0v) is 11.2. The van der Waals surface area contributed by atoms with E-state index in [1.807, 2.05) is 25.7 Å². The average Bonchev–Trinajstić information content (AvgIpc) is 2.14. The number of amides is 1. The molecular formula is C12H25N3O. The van der Waals surface area contributed by atoms with Crippen LogP contribution in [0.4, 0.5) is 0 Å². The first-order valence-electron chi connectivity index (χ1n) is 5.98. The van der Waals surface area contributed by atoms with Gasteiger partial charge in [-0.2, -0.15) is 0 Å². The van der Waals surface area contributed by atoms with Crippen LogP contribution < -0.4 is 5.73 Å². The van der Waals surface area contributed by atoms with Crippen molar-refractivity contribution in [2.75, 3.05) is 26.7 Å². The van der Waals surface area contributed by atoms with Gasteiger partial charge in [0, 0.05) is 25.7 Å². The lowest BCUT2D eigenvalue weighted by Gasteiger charge is -2.41. The molecule has 1 heterocycles. The quantitative estimate of drug-likeness (QED) is 0.710. The van der Waals surface area contributed by atoms with E-state index in [1.54, 1.807) is 0 Å². The predicted octanol–water partition coefficient (Wildman–Crippen LogP) is 0.522. The van der Waals surface area contributed by atoms with E-state index in [-0.39, 0.29) is 17.4 Å². The van der Waals surface area contributed by atoms with Crippen LogP contribution in [0.15, 0.2) is 0 Å². The van der Waals surface area contributed by atoms with Crippen molar-refractivity contribution in [3.63, 3.8) is 0 Å². The number of hydrogen-bond acceptors (Lipinski definition) is 3. The van der Waals surface area contributed by atoms with Crippen LogP contribution >= 0.6 is 0 Å². The van der Waals surface area contributed by atoms with Crippen molar-refractivity contribution in [3.8, 4) is 0 Å². The summed E-state index contributed by atoms with van der Waals surface area (Å²) < 4.78 is 0. The molecule has 1 amide bonds. The predicted molar refractivity (Wildman–Crippen MR) is 66.1 cm³/mol. The van der Waals surface area contributed by atoms with E-state index in [0.717, 1.165) is 19.6 Å². The number of nitrogens with two attached hydrogens (primary N) is 1. The fraction of sp³-hybridized carbons (Fsp3) is 0.917. The highest BCUT2D eigenvalue weighted by atomic mass is 16.2. The van der Waals surface area contributed by atoms with Crippen LogP contribution in [-0.4, -0.2) is 54.5 Å². The summed E-state index contributed by atoms with van der Waals surface area (Å²) in [7, 11) is 2.09. The van der Waals surface area contributed by atoms with Crippen LogP contribution in [0.2, 0.25) is 0 Å². The molecule has 0 radical (unpaired) electrons. The first-order valence-corrected chi connectivity index (χ1v) is 5.98. The van der Waals surface area contributed by atoms with Crippen molar-refractivity contribution in [1.82, 2.24) is 9.80 Å². The van der Waals surface area contributed by atoms with E-state index in [4.69, 9.17) is 5.73 Å². The van der Waals surface area contributed by atoms with Crippen molar-refractivity contribution in [2.45, 2.75) is 39.8 Å². The van der Waals surface area contributed by atoms with Crippen molar-refractivity contribution in [2.24, 2.45) is 11.1 Å². The van der Waals surface area contributed by atoms with Gasteiger partial charge in [-0.3, -0.25) is 4.79 Å². The maximum absolute atomic E-state index is 12.2. The van der Waals surface area contributed by atoms with Gasteiger partial charge in [0.25, 0.3) is 0 Å². The zero-order chi connectivity index (χ0) is 12.5. The molecule has 94 valence electrons. The second-order valence-electron chi connectivity index (χ2n) is 5.99. The summed E-state index contributed by atoms with van der Waals surface area (Å²) in [4.78, 5) is 16.4. The van der Waals surface area contributed by atoms with Crippen molar-refractivity contribution in [1.29, 1.82) is 0 Å². The fourth-order valence-electron chi connectivity index (χ4n) is 2.02. The second kappa shape index (κ2) is 4.72. The summed E-state index contributed by atoms with van der Waals surface area (Å²) in [5.74, 6) is 0.0908. The van der Waals surface area contributed by atoms with Gasteiger partial charge in [0.2, 0.25) is 5.91 Å². The molecule has 1 fully saturated rings. The molecule has 0 aromatic heterocycles. The summed E-state index contributed by atoms with van der Waals surface area (Å²) in [6.07, 6.45) is 0. The molecule has 1 unspecified atom stereocenters. The molecular weight excluding hydrogens is 202 g/mol. The minimum Gasteiger partial charge on any atom is -0.336 e. The summed E-state index contributed by atoms with van der Waals surface area (Å²) in [5, 5.41) is 0. The molecule has 0 aromatic carbocycles. The minimum atomic E-state index is -0.404. The van der Waals surface area contributed by atoms with Gasteiger partial charge >= 0.3 is 0 Å². The summed E-state index contributed by atoms with van der Waals surface area (Å²) >= 11 is 0. The molecule has 1 saturated heterocycles. The molecule has 1 rings (SSSR count). The van der Waals surface area contributed by atoms with Gasteiger partial charge in [0.1, 0.15) is 0 Å². The van der Waals surface area contributed by atoms with Gasteiger partial charge < -0.3 is 15.5 Å². The van der Waals surface area contributed by atoms with Gasteiger partial charge in [-0.25, -0.2) is 0 Å². The molecule has 4 heteroatoms.